The highest BCUT2D eigenvalue weighted by molar-refractivity contribution is 5.85. The maximum Gasteiger partial charge on any atom is 0.356 e. The molecule has 2 atom stereocenters. The van der Waals surface area contributed by atoms with Crippen LogP contribution in [0.4, 0.5) is 8.78 Å². The number of benzene rings is 1. The largest absolute Gasteiger partial charge is 0.476 e. The Morgan fingerprint density at radius 2 is 2.11 bits per heavy atom. The highest BCUT2D eigenvalue weighted by Gasteiger charge is 2.80. The molecular formula is C20H21F2N3O3. The average molecular weight is 389 g/mol. The van der Waals surface area contributed by atoms with E-state index in [0.717, 1.165) is 18.4 Å². The Morgan fingerprint density at radius 3 is 2.82 bits per heavy atom. The normalized spacial score (nSPS) is 25.0. The lowest BCUT2D eigenvalue weighted by atomic mass is 9.85. The van der Waals surface area contributed by atoms with E-state index in [0.29, 0.717) is 18.5 Å². The molecule has 2 aromatic rings. The zero-order chi connectivity index (χ0) is 19.9. The molecule has 2 unspecified atom stereocenters. The van der Waals surface area contributed by atoms with Crippen molar-refractivity contribution in [2.75, 3.05) is 0 Å². The van der Waals surface area contributed by atoms with E-state index < -0.39 is 23.2 Å². The molecule has 1 aromatic carbocycles. The molecule has 28 heavy (non-hydrogen) atoms. The smallest absolute Gasteiger partial charge is 0.356 e. The number of aromatic carboxylic acids is 1. The number of hydrogen-bond acceptors (Lipinski definition) is 3. The summed E-state index contributed by atoms with van der Waals surface area (Å²) in [5.74, 6) is -4.84. The number of nitrogens with zero attached hydrogens (tertiary/aromatic N) is 2. The first-order valence-corrected chi connectivity index (χ1v) is 9.36. The Hall–Kier alpha value is -2.77. The minimum atomic E-state index is -2.72. The van der Waals surface area contributed by atoms with Gasteiger partial charge in [-0.15, -0.1) is 0 Å². The molecule has 2 fully saturated rings. The standard InChI is InChI=1S/C20H21F2N3O3/c21-20(22)16-6-1-2-8-19(16,20)11-17(26)23-12-13-4-3-5-14(10-13)25-9-7-15(24-25)18(27)28/h3-5,7,9-10,16H,1-2,6,8,11-12H2,(H,23,26)(H,27,28). The minimum absolute atomic E-state index is 0.0645. The van der Waals surface area contributed by atoms with Gasteiger partial charge in [-0.3, -0.25) is 4.79 Å². The average Bonchev–Trinajstić information content (AvgIpc) is 3.02. The maximum absolute atomic E-state index is 14.1. The van der Waals surface area contributed by atoms with Crippen LogP contribution in [-0.2, 0) is 11.3 Å². The van der Waals surface area contributed by atoms with Crippen LogP contribution < -0.4 is 5.32 Å². The summed E-state index contributed by atoms with van der Waals surface area (Å²) in [6, 6.07) is 8.50. The second kappa shape index (κ2) is 6.68. The van der Waals surface area contributed by atoms with Gasteiger partial charge >= 0.3 is 5.97 Å². The van der Waals surface area contributed by atoms with E-state index in [4.69, 9.17) is 5.11 Å². The van der Waals surface area contributed by atoms with Crippen LogP contribution in [0.1, 0.15) is 48.2 Å². The van der Waals surface area contributed by atoms with Crippen molar-refractivity contribution >= 4 is 11.9 Å². The number of nitrogens with one attached hydrogen (secondary N) is 1. The molecule has 2 aliphatic rings. The zero-order valence-electron chi connectivity index (χ0n) is 15.2. The molecule has 1 aromatic heterocycles. The molecule has 2 saturated carbocycles. The third-order valence-electron chi connectivity index (χ3n) is 6.00. The monoisotopic (exact) mass is 389 g/mol. The fourth-order valence-electron chi connectivity index (χ4n) is 4.45. The van der Waals surface area contributed by atoms with Crippen molar-refractivity contribution in [3.8, 4) is 5.69 Å². The van der Waals surface area contributed by atoms with E-state index in [1.807, 2.05) is 0 Å². The number of carbonyl (C=O) groups excluding carboxylic acids is 1. The number of fused-ring (bicyclic) bond motifs is 1. The van der Waals surface area contributed by atoms with Gasteiger partial charge < -0.3 is 10.4 Å². The van der Waals surface area contributed by atoms with Gasteiger partial charge in [0.15, 0.2) is 5.69 Å². The van der Waals surface area contributed by atoms with Crippen LogP contribution in [0.2, 0.25) is 0 Å². The topological polar surface area (TPSA) is 84.2 Å². The summed E-state index contributed by atoms with van der Waals surface area (Å²) in [6.45, 7) is 0.214. The summed E-state index contributed by atoms with van der Waals surface area (Å²) < 4.78 is 29.7. The van der Waals surface area contributed by atoms with Crippen molar-refractivity contribution in [2.45, 2.75) is 44.6 Å². The first-order chi connectivity index (χ1) is 13.3. The van der Waals surface area contributed by atoms with Crippen LogP contribution in [0.5, 0.6) is 0 Å². The van der Waals surface area contributed by atoms with E-state index in [2.05, 4.69) is 10.4 Å². The minimum Gasteiger partial charge on any atom is -0.476 e. The van der Waals surface area contributed by atoms with Crippen molar-refractivity contribution in [2.24, 2.45) is 11.3 Å². The summed E-state index contributed by atoms with van der Waals surface area (Å²) in [4.78, 5) is 23.3. The quantitative estimate of drug-likeness (QED) is 0.793. The Bertz CT molecular complexity index is 927. The molecule has 0 spiro atoms. The maximum atomic E-state index is 14.1. The van der Waals surface area contributed by atoms with Crippen molar-refractivity contribution in [1.29, 1.82) is 0 Å². The van der Waals surface area contributed by atoms with Crippen LogP contribution >= 0.6 is 0 Å². The number of aromatic nitrogens is 2. The van der Waals surface area contributed by atoms with Crippen molar-refractivity contribution in [3.63, 3.8) is 0 Å². The first-order valence-electron chi connectivity index (χ1n) is 9.36. The van der Waals surface area contributed by atoms with Gasteiger partial charge in [-0.1, -0.05) is 25.0 Å². The summed E-state index contributed by atoms with van der Waals surface area (Å²) in [5, 5.41) is 15.7. The highest BCUT2D eigenvalue weighted by atomic mass is 19.3. The second-order valence-corrected chi connectivity index (χ2v) is 7.65. The SMILES string of the molecule is O=C(CC12CCCCC1C2(F)F)NCc1cccc(-n2ccc(C(=O)O)n2)c1. The van der Waals surface area contributed by atoms with Crippen LogP contribution in [-0.4, -0.2) is 32.7 Å². The number of alkyl halides is 2. The van der Waals surface area contributed by atoms with Crippen LogP contribution in [0.25, 0.3) is 5.69 Å². The third kappa shape index (κ3) is 3.06. The third-order valence-corrected chi connectivity index (χ3v) is 6.00. The summed E-state index contributed by atoms with van der Waals surface area (Å²) in [6.07, 6.45) is 3.89. The molecule has 0 aliphatic heterocycles. The van der Waals surface area contributed by atoms with Crippen molar-refractivity contribution in [3.05, 3.63) is 47.8 Å². The van der Waals surface area contributed by atoms with Gasteiger partial charge in [0, 0.05) is 25.1 Å². The predicted octanol–water partition coefficient (Wildman–Crippen LogP) is 3.40. The van der Waals surface area contributed by atoms with Gasteiger partial charge in [0.05, 0.1) is 11.1 Å². The van der Waals surface area contributed by atoms with E-state index in [9.17, 15) is 18.4 Å². The molecule has 148 valence electrons. The van der Waals surface area contributed by atoms with Gasteiger partial charge in [-0.25, -0.2) is 18.3 Å². The molecule has 6 nitrogen and oxygen atoms in total. The van der Waals surface area contributed by atoms with Crippen molar-refractivity contribution in [1.82, 2.24) is 15.1 Å². The Kier molecular flexibility index (Phi) is 4.44. The zero-order valence-corrected chi connectivity index (χ0v) is 15.2. The van der Waals surface area contributed by atoms with Crippen molar-refractivity contribution < 1.29 is 23.5 Å². The molecule has 0 saturated heterocycles. The first kappa shape index (κ1) is 18.6. The molecule has 0 bridgehead atoms. The van der Waals surface area contributed by atoms with Crippen LogP contribution in [0, 0.1) is 11.3 Å². The predicted molar refractivity (Wildman–Crippen MR) is 96.3 cm³/mol. The number of amides is 1. The molecule has 1 heterocycles. The van der Waals surface area contributed by atoms with E-state index in [-0.39, 0.29) is 24.6 Å². The summed E-state index contributed by atoms with van der Waals surface area (Å²) in [5.41, 5.74) is 0.224. The Balaban J connectivity index is 1.39. The molecule has 2 N–H and O–H groups in total. The lowest BCUT2D eigenvalue weighted by molar-refractivity contribution is -0.123. The number of carboxylic acids is 1. The van der Waals surface area contributed by atoms with E-state index in [1.165, 1.54) is 10.7 Å². The number of carboxylic acid groups (broad SMARTS) is 1. The Morgan fingerprint density at radius 1 is 1.29 bits per heavy atom. The van der Waals surface area contributed by atoms with Crippen LogP contribution in [0.3, 0.4) is 0 Å². The number of carbonyl (C=O) groups is 2. The van der Waals surface area contributed by atoms with Crippen LogP contribution in [0.15, 0.2) is 36.5 Å². The number of rotatable bonds is 6. The van der Waals surface area contributed by atoms with E-state index >= 15 is 0 Å². The Labute approximate surface area is 160 Å². The molecule has 8 heteroatoms. The van der Waals surface area contributed by atoms with Gasteiger partial charge in [0.25, 0.3) is 5.92 Å². The molecule has 1 amide bonds. The summed E-state index contributed by atoms with van der Waals surface area (Å²) >= 11 is 0. The molecule has 4 rings (SSSR count). The highest BCUT2D eigenvalue weighted by Crippen LogP contribution is 2.73. The van der Waals surface area contributed by atoms with Gasteiger partial charge in [-0.2, -0.15) is 5.10 Å². The molecule has 0 radical (unpaired) electrons. The fraction of sp³-hybridized carbons (Fsp3) is 0.450. The molecule has 2 aliphatic carbocycles. The van der Waals surface area contributed by atoms with Gasteiger partial charge in [0.2, 0.25) is 5.91 Å². The fourth-order valence-corrected chi connectivity index (χ4v) is 4.45. The molecular weight excluding hydrogens is 368 g/mol. The number of hydrogen-bond donors (Lipinski definition) is 2. The summed E-state index contributed by atoms with van der Waals surface area (Å²) in [7, 11) is 0. The second-order valence-electron chi connectivity index (χ2n) is 7.65. The van der Waals surface area contributed by atoms with E-state index in [1.54, 1.807) is 30.5 Å². The lowest BCUT2D eigenvalue weighted by Crippen LogP contribution is -2.28. The lowest BCUT2D eigenvalue weighted by Gasteiger charge is -2.19. The number of halogens is 2. The van der Waals surface area contributed by atoms with Gasteiger partial charge in [0.1, 0.15) is 0 Å². The van der Waals surface area contributed by atoms with Gasteiger partial charge in [-0.05, 0) is 36.6 Å².